The summed E-state index contributed by atoms with van der Waals surface area (Å²) < 4.78 is 5.92. The van der Waals surface area contributed by atoms with Crippen LogP contribution in [0.1, 0.15) is 21.9 Å². The lowest BCUT2D eigenvalue weighted by molar-refractivity contribution is 0.392. The third-order valence-electron chi connectivity index (χ3n) is 2.90. The Bertz CT molecular complexity index is 592. The number of guanidine groups is 1. The molecule has 0 amide bonds. The molecular formula is C13H18ClIN4OS. The summed E-state index contributed by atoms with van der Waals surface area (Å²) in [6.07, 6.45) is 0. The largest absolute Gasteiger partial charge is 0.361 e. The molecule has 0 fully saturated rings. The molecule has 0 saturated carbocycles. The van der Waals surface area contributed by atoms with Gasteiger partial charge in [-0.2, -0.15) is 0 Å². The first-order valence-electron chi connectivity index (χ1n) is 6.20. The fraction of sp³-hybridized carbons (Fsp3) is 0.385. The molecule has 116 valence electrons. The quantitative estimate of drug-likeness (QED) is 0.434. The Morgan fingerprint density at radius 2 is 2.05 bits per heavy atom. The van der Waals surface area contributed by atoms with E-state index in [-0.39, 0.29) is 24.0 Å². The Hall–Kier alpha value is -0.800. The molecule has 0 spiro atoms. The second-order valence-corrected chi connectivity index (χ2v) is 6.09. The first-order chi connectivity index (χ1) is 9.60. The SMILES string of the molecule is CN=C(NCc1ccc(Cl)s1)NCc1c(C)noc1C.I. The van der Waals surface area contributed by atoms with E-state index in [1.54, 1.807) is 18.4 Å². The molecule has 0 unspecified atom stereocenters. The van der Waals surface area contributed by atoms with Crippen LogP contribution in [0, 0.1) is 13.8 Å². The van der Waals surface area contributed by atoms with Crippen LogP contribution in [0.2, 0.25) is 4.34 Å². The monoisotopic (exact) mass is 440 g/mol. The van der Waals surface area contributed by atoms with Gasteiger partial charge in [0.2, 0.25) is 0 Å². The first-order valence-corrected chi connectivity index (χ1v) is 7.40. The van der Waals surface area contributed by atoms with Gasteiger partial charge in [0, 0.05) is 24.0 Å². The number of halogens is 2. The van der Waals surface area contributed by atoms with Gasteiger partial charge >= 0.3 is 0 Å². The van der Waals surface area contributed by atoms with E-state index in [2.05, 4.69) is 20.8 Å². The zero-order valence-corrected chi connectivity index (χ0v) is 16.0. The Balaban J connectivity index is 0.00000220. The van der Waals surface area contributed by atoms with Crippen LogP contribution >= 0.6 is 46.9 Å². The molecule has 0 bridgehead atoms. The molecule has 5 nitrogen and oxygen atoms in total. The maximum Gasteiger partial charge on any atom is 0.191 e. The van der Waals surface area contributed by atoms with Crippen LogP contribution in [0.15, 0.2) is 21.6 Å². The van der Waals surface area contributed by atoms with Crippen molar-refractivity contribution in [1.29, 1.82) is 0 Å². The Morgan fingerprint density at radius 3 is 2.57 bits per heavy atom. The maximum absolute atomic E-state index is 5.90. The highest BCUT2D eigenvalue weighted by Crippen LogP contribution is 2.20. The Kier molecular flexibility index (Phi) is 7.47. The zero-order valence-electron chi connectivity index (χ0n) is 12.1. The highest BCUT2D eigenvalue weighted by molar-refractivity contribution is 14.0. The van der Waals surface area contributed by atoms with Crippen LogP contribution in [0.5, 0.6) is 0 Å². The molecule has 0 atom stereocenters. The van der Waals surface area contributed by atoms with Crippen molar-refractivity contribution in [2.75, 3.05) is 7.05 Å². The Labute approximate surface area is 150 Å². The van der Waals surface area contributed by atoms with Gasteiger partial charge in [-0.05, 0) is 26.0 Å². The molecule has 8 heteroatoms. The van der Waals surface area contributed by atoms with E-state index >= 15 is 0 Å². The summed E-state index contributed by atoms with van der Waals surface area (Å²) in [5.74, 6) is 1.56. The number of hydrogen-bond acceptors (Lipinski definition) is 4. The molecule has 0 saturated heterocycles. The van der Waals surface area contributed by atoms with Crippen molar-refractivity contribution in [3.8, 4) is 0 Å². The number of aromatic nitrogens is 1. The number of aliphatic imine (C=N–C) groups is 1. The van der Waals surface area contributed by atoms with E-state index in [0.717, 1.165) is 32.2 Å². The lowest BCUT2D eigenvalue weighted by Gasteiger charge is -2.10. The average Bonchev–Trinajstić information content (AvgIpc) is 2.98. The predicted molar refractivity (Wildman–Crippen MR) is 97.8 cm³/mol. The molecule has 0 aromatic carbocycles. The van der Waals surface area contributed by atoms with Crippen LogP contribution < -0.4 is 10.6 Å². The van der Waals surface area contributed by atoms with E-state index in [1.807, 2.05) is 26.0 Å². The average molecular weight is 441 g/mol. The molecule has 0 radical (unpaired) electrons. The molecule has 2 aromatic rings. The summed E-state index contributed by atoms with van der Waals surface area (Å²) in [5, 5.41) is 10.4. The summed E-state index contributed by atoms with van der Waals surface area (Å²) in [6.45, 7) is 5.16. The van der Waals surface area contributed by atoms with E-state index in [9.17, 15) is 0 Å². The lowest BCUT2D eigenvalue weighted by Crippen LogP contribution is -2.36. The number of nitrogens with zero attached hydrogens (tertiary/aromatic N) is 2. The van der Waals surface area contributed by atoms with Gasteiger partial charge in [-0.15, -0.1) is 35.3 Å². The molecule has 2 rings (SSSR count). The predicted octanol–water partition coefficient (Wildman–Crippen LogP) is 3.49. The Morgan fingerprint density at radius 1 is 1.33 bits per heavy atom. The maximum atomic E-state index is 5.90. The van der Waals surface area contributed by atoms with Gasteiger partial charge in [0.15, 0.2) is 5.96 Å². The van der Waals surface area contributed by atoms with Gasteiger partial charge in [0.1, 0.15) is 5.76 Å². The van der Waals surface area contributed by atoms with Crippen LogP contribution in [-0.4, -0.2) is 18.2 Å². The van der Waals surface area contributed by atoms with E-state index < -0.39 is 0 Å². The van der Waals surface area contributed by atoms with E-state index in [0.29, 0.717) is 13.1 Å². The molecule has 0 aliphatic carbocycles. The highest BCUT2D eigenvalue weighted by Gasteiger charge is 2.09. The minimum atomic E-state index is 0. The molecule has 0 aliphatic heterocycles. The molecule has 0 aliphatic rings. The van der Waals surface area contributed by atoms with Gasteiger partial charge in [0.25, 0.3) is 0 Å². The topological polar surface area (TPSA) is 62.5 Å². The number of aryl methyl sites for hydroxylation is 2. The third-order valence-corrected chi connectivity index (χ3v) is 4.13. The summed E-state index contributed by atoms with van der Waals surface area (Å²) in [6, 6.07) is 3.89. The van der Waals surface area contributed by atoms with Crippen molar-refractivity contribution >= 4 is 52.9 Å². The lowest BCUT2D eigenvalue weighted by atomic mass is 10.2. The second-order valence-electron chi connectivity index (χ2n) is 4.29. The zero-order chi connectivity index (χ0) is 14.5. The van der Waals surface area contributed by atoms with Crippen LogP contribution in [0.3, 0.4) is 0 Å². The first kappa shape index (κ1) is 18.2. The van der Waals surface area contributed by atoms with Crippen LogP contribution in [-0.2, 0) is 13.1 Å². The number of hydrogen-bond donors (Lipinski definition) is 2. The minimum absolute atomic E-state index is 0. The molecular weight excluding hydrogens is 423 g/mol. The summed E-state index contributed by atoms with van der Waals surface area (Å²) in [4.78, 5) is 5.35. The fourth-order valence-corrected chi connectivity index (χ4v) is 2.79. The number of nitrogens with one attached hydrogen (secondary N) is 2. The van der Waals surface area contributed by atoms with Crippen molar-refractivity contribution in [1.82, 2.24) is 15.8 Å². The van der Waals surface area contributed by atoms with Crippen LogP contribution in [0.4, 0.5) is 0 Å². The summed E-state index contributed by atoms with van der Waals surface area (Å²) in [5.41, 5.74) is 1.96. The minimum Gasteiger partial charge on any atom is -0.361 e. The van der Waals surface area contributed by atoms with Crippen molar-refractivity contribution in [3.05, 3.63) is 38.4 Å². The molecule has 2 aromatic heterocycles. The van der Waals surface area contributed by atoms with E-state index in [4.69, 9.17) is 16.1 Å². The van der Waals surface area contributed by atoms with Gasteiger partial charge in [-0.25, -0.2) is 0 Å². The van der Waals surface area contributed by atoms with Crippen LogP contribution in [0.25, 0.3) is 0 Å². The van der Waals surface area contributed by atoms with Gasteiger partial charge < -0.3 is 15.2 Å². The van der Waals surface area contributed by atoms with E-state index in [1.165, 1.54) is 0 Å². The standard InChI is InChI=1S/C13H17ClN4OS.HI/c1-8-11(9(2)19-18-8)7-17-13(15-3)16-6-10-4-5-12(14)20-10;/h4-5H,6-7H2,1-3H3,(H2,15,16,17);1H. The van der Waals surface area contributed by atoms with Gasteiger partial charge in [-0.1, -0.05) is 16.8 Å². The van der Waals surface area contributed by atoms with Crippen molar-refractivity contribution < 1.29 is 4.52 Å². The fourth-order valence-electron chi connectivity index (χ4n) is 1.76. The normalized spacial score (nSPS) is 11.1. The molecule has 2 heterocycles. The number of rotatable bonds is 4. The van der Waals surface area contributed by atoms with Gasteiger partial charge in [0.05, 0.1) is 16.6 Å². The van der Waals surface area contributed by atoms with Crippen molar-refractivity contribution in [2.45, 2.75) is 26.9 Å². The van der Waals surface area contributed by atoms with Crippen molar-refractivity contribution in [2.24, 2.45) is 4.99 Å². The summed E-state index contributed by atoms with van der Waals surface area (Å²) in [7, 11) is 1.74. The second kappa shape index (κ2) is 8.60. The summed E-state index contributed by atoms with van der Waals surface area (Å²) >= 11 is 7.46. The third kappa shape index (κ3) is 5.15. The highest BCUT2D eigenvalue weighted by atomic mass is 127. The molecule has 2 N–H and O–H groups in total. The molecule has 21 heavy (non-hydrogen) atoms. The van der Waals surface area contributed by atoms with Crippen molar-refractivity contribution in [3.63, 3.8) is 0 Å². The van der Waals surface area contributed by atoms with Gasteiger partial charge in [-0.3, -0.25) is 4.99 Å². The smallest absolute Gasteiger partial charge is 0.191 e. The number of thiophene rings is 1.